The highest BCUT2D eigenvalue weighted by atomic mass is 16.4. The molecular formula is C17H32N2O4. The number of hydrogen-bond donors (Lipinski definition) is 3. The Labute approximate surface area is 139 Å². The van der Waals surface area contributed by atoms with Crippen LogP contribution in [0, 0.1) is 0 Å². The fraction of sp³-hybridized carbons (Fsp3) is 0.647. The SMILES string of the molecule is C=C(CCCN(C)C)C(=O)O.C=C(CCNC(C)(C)C)C(=O)O. The summed E-state index contributed by atoms with van der Waals surface area (Å²) in [6.07, 6.45) is 1.93. The van der Waals surface area contributed by atoms with E-state index in [9.17, 15) is 9.59 Å². The molecule has 0 bridgehead atoms. The molecule has 0 saturated heterocycles. The van der Waals surface area contributed by atoms with Crippen LogP contribution in [0.5, 0.6) is 0 Å². The van der Waals surface area contributed by atoms with Crippen LogP contribution >= 0.6 is 0 Å². The van der Waals surface area contributed by atoms with Crippen LogP contribution in [0.4, 0.5) is 0 Å². The van der Waals surface area contributed by atoms with Crippen LogP contribution in [-0.2, 0) is 9.59 Å². The minimum atomic E-state index is -0.911. The zero-order valence-electron chi connectivity index (χ0n) is 15.1. The minimum absolute atomic E-state index is 0.0405. The molecular weight excluding hydrogens is 296 g/mol. The number of aliphatic carboxylic acids is 2. The molecule has 0 aromatic heterocycles. The predicted molar refractivity (Wildman–Crippen MR) is 93.7 cm³/mol. The first-order valence-corrected chi connectivity index (χ1v) is 7.58. The van der Waals surface area contributed by atoms with Crippen molar-refractivity contribution in [1.29, 1.82) is 0 Å². The first-order valence-electron chi connectivity index (χ1n) is 7.58. The molecule has 0 aliphatic heterocycles. The Balaban J connectivity index is 0. The highest BCUT2D eigenvalue weighted by Gasteiger charge is 2.09. The lowest BCUT2D eigenvalue weighted by Crippen LogP contribution is -2.36. The molecule has 0 fully saturated rings. The van der Waals surface area contributed by atoms with Crippen molar-refractivity contribution in [2.45, 2.75) is 45.6 Å². The second-order valence-electron chi connectivity index (χ2n) is 6.65. The number of rotatable bonds is 9. The summed E-state index contributed by atoms with van der Waals surface area (Å²) in [5, 5.41) is 20.1. The second-order valence-corrected chi connectivity index (χ2v) is 6.65. The molecule has 0 amide bonds. The van der Waals surface area contributed by atoms with Gasteiger partial charge in [-0.05, 0) is 67.2 Å². The number of carbonyl (C=O) groups is 2. The summed E-state index contributed by atoms with van der Waals surface area (Å²) in [4.78, 5) is 22.6. The van der Waals surface area contributed by atoms with E-state index in [-0.39, 0.29) is 11.1 Å². The Hall–Kier alpha value is -1.66. The highest BCUT2D eigenvalue weighted by molar-refractivity contribution is 5.86. The Kier molecular flexibility index (Phi) is 12.2. The maximum Gasteiger partial charge on any atom is 0.330 e. The average molecular weight is 328 g/mol. The van der Waals surface area contributed by atoms with Crippen molar-refractivity contribution in [2.75, 3.05) is 27.2 Å². The average Bonchev–Trinajstić information content (AvgIpc) is 2.36. The molecule has 0 radical (unpaired) electrons. The van der Waals surface area contributed by atoms with Crippen LogP contribution in [0.1, 0.15) is 40.0 Å². The minimum Gasteiger partial charge on any atom is -0.478 e. The van der Waals surface area contributed by atoms with Gasteiger partial charge in [-0.3, -0.25) is 0 Å². The summed E-state index contributed by atoms with van der Waals surface area (Å²) < 4.78 is 0. The first kappa shape index (κ1) is 23.6. The lowest BCUT2D eigenvalue weighted by atomic mass is 10.1. The van der Waals surface area contributed by atoms with Crippen LogP contribution in [0.3, 0.4) is 0 Å². The molecule has 0 aliphatic carbocycles. The van der Waals surface area contributed by atoms with E-state index in [1.165, 1.54) is 0 Å². The molecule has 0 spiro atoms. The Morgan fingerprint density at radius 3 is 1.78 bits per heavy atom. The molecule has 6 nitrogen and oxygen atoms in total. The summed E-state index contributed by atoms with van der Waals surface area (Å²) in [6.45, 7) is 14.6. The van der Waals surface area contributed by atoms with Crippen LogP contribution in [0.15, 0.2) is 24.3 Å². The molecule has 0 aromatic carbocycles. The van der Waals surface area contributed by atoms with E-state index in [1.54, 1.807) is 0 Å². The third kappa shape index (κ3) is 18.3. The van der Waals surface area contributed by atoms with Crippen molar-refractivity contribution in [3.8, 4) is 0 Å². The number of nitrogens with one attached hydrogen (secondary N) is 1. The van der Waals surface area contributed by atoms with Crippen LogP contribution in [0.25, 0.3) is 0 Å². The van der Waals surface area contributed by atoms with Gasteiger partial charge in [-0.2, -0.15) is 0 Å². The largest absolute Gasteiger partial charge is 0.478 e. The molecule has 0 aliphatic rings. The highest BCUT2D eigenvalue weighted by Crippen LogP contribution is 2.02. The third-order valence-electron chi connectivity index (χ3n) is 2.77. The van der Waals surface area contributed by atoms with Crippen molar-refractivity contribution in [2.24, 2.45) is 0 Å². The van der Waals surface area contributed by atoms with Gasteiger partial charge in [0.25, 0.3) is 0 Å². The lowest BCUT2D eigenvalue weighted by molar-refractivity contribution is -0.133. The van der Waals surface area contributed by atoms with Gasteiger partial charge < -0.3 is 20.4 Å². The normalized spacial score (nSPS) is 10.7. The Morgan fingerprint density at radius 1 is 1.00 bits per heavy atom. The topological polar surface area (TPSA) is 89.9 Å². The summed E-state index contributed by atoms with van der Waals surface area (Å²) in [6, 6.07) is 0. The molecule has 6 heteroatoms. The van der Waals surface area contributed by atoms with E-state index in [4.69, 9.17) is 10.2 Å². The van der Waals surface area contributed by atoms with Gasteiger partial charge in [0, 0.05) is 16.7 Å². The summed E-state index contributed by atoms with van der Waals surface area (Å²) >= 11 is 0. The Bertz CT molecular complexity index is 409. The van der Waals surface area contributed by atoms with E-state index in [0.717, 1.165) is 13.0 Å². The van der Waals surface area contributed by atoms with Gasteiger partial charge in [0.2, 0.25) is 0 Å². The quantitative estimate of drug-likeness (QED) is 0.563. The molecule has 0 aromatic rings. The summed E-state index contributed by atoms with van der Waals surface area (Å²) in [5.74, 6) is -1.80. The van der Waals surface area contributed by atoms with Crippen molar-refractivity contribution in [1.82, 2.24) is 10.2 Å². The van der Waals surface area contributed by atoms with E-state index in [1.807, 2.05) is 39.8 Å². The van der Waals surface area contributed by atoms with Crippen molar-refractivity contribution in [3.05, 3.63) is 24.3 Å². The first-order chi connectivity index (χ1) is 10.4. The van der Waals surface area contributed by atoms with E-state index in [0.29, 0.717) is 25.0 Å². The molecule has 23 heavy (non-hydrogen) atoms. The van der Waals surface area contributed by atoms with Gasteiger partial charge in [0.15, 0.2) is 0 Å². The Morgan fingerprint density at radius 2 is 1.43 bits per heavy atom. The van der Waals surface area contributed by atoms with Crippen molar-refractivity contribution < 1.29 is 19.8 Å². The smallest absolute Gasteiger partial charge is 0.330 e. The van der Waals surface area contributed by atoms with Gasteiger partial charge in [-0.1, -0.05) is 13.2 Å². The van der Waals surface area contributed by atoms with Crippen molar-refractivity contribution in [3.63, 3.8) is 0 Å². The maximum atomic E-state index is 10.3. The molecule has 134 valence electrons. The number of hydrogen-bond acceptors (Lipinski definition) is 4. The van der Waals surface area contributed by atoms with Gasteiger partial charge in [0.05, 0.1) is 0 Å². The van der Waals surface area contributed by atoms with Crippen molar-refractivity contribution >= 4 is 11.9 Å². The maximum absolute atomic E-state index is 10.3. The number of carboxylic acid groups (broad SMARTS) is 2. The lowest BCUT2D eigenvalue weighted by Gasteiger charge is -2.20. The van der Waals surface area contributed by atoms with E-state index >= 15 is 0 Å². The van der Waals surface area contributed by atoms with Gasteiger partial charge in [-0.15, -0.1) is 0 Å². The summed E-state index contributed by atoms with van der Waals surface area (Å²) in [7, 11) is 3.92. The van der Waals surface area contributed by atoms with Crippen LogP contribution < -0.4 is 5.32 Å². The molecule has 0 saturated carbocycles. The zero-order chi connectivity index (χ0) is 18.6. The molecule has 3 N–H and O–H groups in total. The molecule has 0 heterocycles. The predicted octanol–water partition coefficient (Wildman–Crippen LogP) is 2.37. The monoisotopic (exact) mass is 328 g/mol. The van der Waals surface area contributed by atoms with Gasteiger partial charge in [-0.25, -0.2) is 9.59 Å². The fourth-order valence-corrected chi connectivity index (χ4v) is 1.41. The van der Waals surface area contributed by atoms with Gasteiger partial charge >= 0.3 is 11.9 Å². The third-order valence-corrected chi connectivity index (χ3v) is 2.77. The number of carboxylic acids is 2. The summed E-state index contributed by atoms with van der Waals surface area (Å²) in [5.41, 5.74) is 0.595. The number of nitrogens with zero attached hydrogens (tertiary/aromatic N) is 1. The van der Waals surface area contributed by atoms with Crippen LogP contribution in [0.2, 0.25) is 0 Å². The standard InChI is InChI=1S/C9H17NO2.C8H15NO2/c1-7(8(11)12)5-6-10-9(2,3)4;1-7(8(10)11)5-4-6-9(2)3/h10H,1,5-6H2,2-4H3,(H,11,12);1,4-6H2,2-3H3,(H,10,11). The second kappa shape index (κ2) is 11.8. The van der Waals surface area contributed by atoms with Gasteiger partial charge in [0.1, 0.15) is 0 Å². The molecule has 0 rings (SSSR count). The van der Waals surface area contributed by atoms with E-state index in [2.05, 4.69) is 18.5 Å². The van der Waals surface area contributed by atoms with Crippen LogP contribution in [-0.4, -0.2) is 59.8 Å². The fourth-order valence-electron chi connectivity index (χ4n) is 1.41. The molecule has 0 unspecified atom stereocenters. The van der Waals surface area contributed by atoms with E-state index < -0.39 is 11.9 Å². The zero-order valence-corrected chi connectivity index (χ0v) is 15.1. The molecule has 0 atom stereocenters.